The first-order valence-electron chi connectivity index (χ1n) is 12.5. The van der Waals surface area contributed by atoms with E-state index in [2.05, 4.69) is 20.8 Å². The van der Waals surface area contributed by atoms with Crippen LogP contribution in [0.25, 0.3) is 0 Å². The van der Waals surface area contributed by atoms with Crippen molar-refractivity contribution >= 4 is 5.91 Å². The van der Waals surface area contributed by atoms with Crippen LogP contribution in [0.3, 0.4) is 0 Å². The molecule has 1 amide bonds. The summed E-state index contributed by atoms with van der Waals surface area (Å²) >= 11 is 0. The molecule has 4 saturated carbocycles. The summed E-state index contributed by atoms with van der Waals surface area (Å²) < 4.78 is 0. The minimum Gasteiger partial charge on any atom is -0.349 e. The number of hydrogen-bond acceptors (Lipinski definition) is 1. The molecule has 0 spiro atoms. The van der Waals surface area contributed by atoms with Gasteiger partial charge in [0, 0.05) is 20.5 Å². The molecule has 0 aromatic carbocycles. The van der Waals surface area contributed by atoms with Gasteiger partial charge in [0.2, 0.25) is 5.91 Å². The van der Waals surface area contributed by atoms with Crippen LogP contribution in [0.5, 0.6) is 0 Å². The molecule has 2 nitrogen and oxygen atoms in total. The van der Waals surface area contributed by atoms with Crippen molar-refractivity contribution in [1.82, 2.24) is 4.90 Å². The zero-order chi connectivity index (χ0) is 20.1. The molecule has 4 unspecified atom stereocenters. The average Bonchev–Trinajstić information content (AvgIpc) is 3.02. The molecule has 0 radical (unpaired) electrons. The third-order valence-corrected chi connectivity index (χ3v) is 10.7. The van der Waals surface area contributed by atoms with E-state index in [-0.39, 0.29) is 0 Å². The SMILES string of the molecule is C[C@H](CCC(=O)N(C)C)C1CCC2C3CC[C@@H]4CCCC[C@]4(C)C3CC[C@@]21C. The Kier molecular flexibility index (Phi) is 5.64. The van der Waals surface area contributed by atoms with Gasteiger partial charge in [-0.05, 0) is 104 Å². The molecule has 0 heterocycles. The smallest absolute Gasteiger partial charge is 0.222 e. The standard InChI is InChI=1S/C26H45NO/c1-18(9-14-24(28)27(4)5)21-12-13-22-20-11-10-19-8-6-7-16-25(19,2)23(20)15-17-26(21,22)3/h18-23H,6-17H2,1-5H3/t18-,19+,20?,21?,22?,23?,25+,26-/m1/s1. The fourth-order valence-electron chi connectivity index (χ4n) is 9.05. The minimum atomic E-state index is 0.304. The first-order valence-corrected chi connectivity index (χ1v) is 12.5. The van der Waals surface area contributed by atoms with Crippen LogP contribution in [-0.2, 0) is 4.79 Å². The predicted octanol–water partition coefficient (Wildman–Crippen LogP) is 6.54. The van der Waals surface area contributed by atoms with Crippen molar-refractivity contribution in [2.75, 3.05) is 14.1 Å². The molecule has 8 atom stereocenters. The highest BCUT2D eigenvalue weighted by molar-refractivity contribution is 5.75. The maximum Gasteiger partial charge on any atom is 0.222 e. The normalized spacial score (nSPS) is 46.2. The Hall–Kier alpha value is -0.530. The Morgan fingerprint density at radius 3 is 2.43 bits per heavy atom. The maximum absolute atomic E-state index is 12.1. The number of nitrogens with zero attached hydrogens (tertiary/aromatic N) is 1. The molecule has 160 valence electrons. The lowest BCUT2D eigenvalue weighted by Gasteiger charge is -2.61. The van der Waals surface area contributed by atoms with E-state index < -0.39 is 0 Å². The summed E-state index contributed by atoms with van der Waals surface area (Å²) in [6.07, 6.45) is 16.7. The van der Waals surface area contributed by atoms with E-state index >= 15 is 0 Å². The number of carbonyl (C=O) groups is 1. The van der Waals surface area contributed by atoms with Crippen molar-refractivity contribution in [3.8, 4) is 0 Å². The lowest BCUT2D eigenvalue weighted by molar-refractivity contribution is -0.129. The van der Waals surface area contributed by atoms with Gasteiger partial charge in [0.05, 0.1) is 0 Å². The van der Waals surface area contributed by atoms with Gasteiger partial charge in [-0.15, -0.1) is 0 Å². The third-order valence-electron chi connectivity index (χ3n) is 10.7. The fourth-order valence-corrected chi connectivity index (χ4v) is 9.05. The molecule has 4 fully saturated rings. The van der Waals surface area contributed by atoms with E-state index in [0.717, 1.165) is 42.4 Å². The van der Waals surface area contributed by atoms with E-state index in [4.69, 9.17) is 0 Å². The lowest BCUT2D eigenvalue weighted by Crippen LogP contribution is -2.53. The van der Waals surface area contributed by atoms with Gasteiger partial charge in [-0.2, -0.15) is 0 Å². The largest absolute Gasteiger partial charge is 0.349 e. The average molecular weight is 388 g/mol. The molecule has 0 bridgehead atoms. The summed E-state index contributed by atoms with van der Waals surface area (Å²) in [5.74, 6) is 5.83. The molecule has 4 rings (SSSR count). The Labute approximate surface area is 174 Å². The number of fused-ring (bicyclic) bond motifs is 5. The predicted molar refractivity (Wildman–Crippen MR) is 117 cm³/mol. The summed E-state index contributed by atoms with van der Waals surface area (Å²) in [6, 6.07) is 0. The monoisotopic (exact) mass is 387 g/mol. The van der Waals surface area contributed by atoms with Crippen LogP contribution < -0.4 is 0 Å². The third kappa shape index (κ3) is 3.25. The number of carbonyl (C=O) groups excluding carboxylic acids is 1. The molecule has 28 heavy (non-hydrogen) atoms. The van der Waals surface area contributed by atoms with Crippen molar-refractivity contribution in [2.24, 2.45) is 46.3 Å². The highest BCUT2D eigenvalue weighted by atomic mass is 16.2. The van der Waals surface area contributed by atoms with Crippen LogP contribution in [0.1, 0.15) is 97.8 Å². The molecule has 0 aliphatic heterocycles. The summed E-state index contributed by atoms with van der Waals surface area (Å²) in [6.45, 7) is 7.80. The van der Waals surface area contributed by atoms with E-state index in [1.807, 2.05) is 14.1 Å². The number of rotatable bonds is 4. The van der Waals surface area contributed by atoms with Gasteiger partial charge in [-0.1, -0.05) is 33.6 Å². The van der Waals surface area contributed by atoms with Crippen molar-refractivity contribution in [1.29, 1.82) is 0 Å². The minimum absolute atomic E-state index is 0.304. The Bertz CT molecular complexity index is 585. The molecular weight excluding hydrogens is 342 g/mol. The van der Waals surface area contributed by atoms with Gasteiger partial charge in [0.15, 0.2) is 0 Å². The Morgan fingerprint density at radius 2 is 1.68 bits per heavy atom. The second-order valence-corrected chi connectivity index (χ2v) is 11.9. The zero-order valence-corrected chi connectivity index (χ0v) is 19.3. The Balaban J connectivity index is 1.47. The summed E-state index contributed by atoms with van der Waals surface area (Å²) in [7, 11) is 3.78. The summed E-state index contributed by atoms with van der Waals surface area (Å²) in [5.41, 5.74) is 1.20. The second kappa shape index (κ2) is 7.62. The zero-order valence-electron chi connectivity index (χ0n) is 19.3. The fraction of sp³-hybridized carbons (Fsp3) is 0.962. The van der Waals surface area contributed by atoms with Gasteiger partial charge >= 0.3 is 0 Å². The van der Waals surface area contributed by atoms with Crippen LogP contribution in [0.4, 0.5) is 0 Å². The van der Waals surface area contributed by atoms with Crippen LogP contribution >= 0.6 is 0 Å². The molecule has 0 N–H and O–H groups in total. The molecule has 0 saturated heterocycles. The van der Waals surface area contributed by atoms with Crippen LogP contribution in [0, 0.1) is 46.3 Å². The van der Waals surface area contributed by atoms with Crippen molar-refractivity contribution < 1.29 is 4.79 Å². The molecule has 2 heteroatoms. The van der Waals surface area contributed by atoms with E-state index in [0.29, 0.717) is 22.7 Å². The van der Waals surface area contributed by atoms with Crippen LogP contribution in [0.2, 0.25) is 0 Å². The molecule has 4 aliphatic carbocycles. The first kappa shape index (κ1) is 20.7. The molecule has 0 aromatic rings. The lowest BCUT2D eigenvalue weighted by atomic mass is 9.44. The molecule has 4 aliphatic rings. The number of amides is 1. The van der Waals surface area contributed by atoms with Crippen LogP contribution in [0.15, 0.2) is 0 Å². The van der Waals surface area contributed by atoms with Crippen molar-refractivity contribution in [2.45, 2.75) is 97.8 Å². The summed E-state index contributed by atoms with van der Waals surface area (Å²) in [4.78, 5) is 13.9. The first-order chi connectivity index (χ1) is 13.3. The van der Waals surface area contributed by atoms with Gasteiger partial charge in [0.25, 0.3) is 0 Å². The van der Waals surface area contributed by atoms with E-state index in [9.17, 15) is 4.79 Å². The maximum atomic E-state index is 12.1. The van der Waals surface area contributed by atoms with Gasteiger partial charge in [-0.3, -0.25) is 4.79 Å². The van der Waals surface area contributed by atoms with Crippen molar-refractivity contribution in [3.63, 3.8) is 0 Å². The van der Waals surface area contributed by atoms with E-state index in [1.165, 1.54) is 64.2 Å². The highest BCUT2D eigenvalue weighted by Crippen LogP contribution is 2.68. The summed E-state index contributed by atoms with van der Waals surface area (Å²) in [5, 5.41) is 0. The van der Waals surface area contributed by atoms with Crippen LogP contribution in [-0.4, -0.2) is 24.9 Å². The van der Waals surface area contributed by atoms with Crippen molar-refractivity contribution in [3.05, 3.63) is 0 Å². The highest BCUT2D eigenvalue weighted by Gasteiger charge is 2.60. The molecular formula is C26H45NO. The van der Waals surface area contributed by atoms with Gasteiger partial charge in [0.1, 0.15) is 0 Å². The quantitative estimate of drug-likeness (QED) is 0.536. The number of hydrogen-bond donors (Lipinski definition) is 0. The van der Waals surface area contributed by atoms with E-state index in [1.54, 1.807) is 4.90 Å². The molecule has 0 aromatic heterocycles. The topological polar surface area (TPSA) is 20.3 Å². The van der Waals surface area contributed by atoms with Gasteiger partial charge in [-0.25, -0.2) is 0 Å². The van der Waals surface area contributed by atoms with Gasteiger partial charge < -0.3 is 4.90 Å². The second-order valence-electron chi connectivity index (χ2n) is 11.9. The Morgan fingerprint density at radius 1 is 0.929 bits per heavy atom.